The van der Waals surface area contributed by atoms with Crippen LogP contribution in [0.25, 0.3) is 0 Å². The van der Waals surface area contributed by atoms with Crippen molar-refractivity contribution in [2.75, 3.05) is 0 Å². The van der Waals surface area contributed by atoms with Crippen LogP contribution in [0.3, 0.4) is 0 Å². The van der Waals surface area contributed by atoms with Crippen molar-refractivity contribution >= 4 is 22.6 Å². The lowest BCUT2D eigenvalue weighted by Crippen LogP contribution is -1.95. The van der Waals surface area contributed by atoms with Crippen molar-refractivity contribution < 1.29 is 0 Å². The molecular weight excluding hydrogens is 371 g/mol. The predicted molar refractivity (Wildman–Crippen MR) is 93.2 cm³/mol. The van der Waals surface area contributed by atoms with Crippen LogP contribution < -0.4 is 0 Å². The molecule has 21 heavy (non-hydrogen) atoms. The quantitative estimate of drug-likeness (QED) is 0.627. The molecule has 0 aliphatic rings. The molecule has 104 valence electrons. The molecule has 1 aromatic carbocycles. The van der Waals surface area contributed by atoms with Gasteiger partial charge in [0.2, 0.25) is 0 Å². The maximum atomic E-state index is 4.18. The number of hydrogen-bond acceptors (Lipinski definition) is 2. The number of halogens is 1. The molecule has 0 radical (unpaired) electrons. The minimum Gasteiger partial charge on any atom is -0.264 e. The van der Waals surface area contributed by atoms with Crippen LogP contribution in [0.4, 0.5) is 0 Å². The van der Waals surface area contributed by atoms with Crippen LogP contribution in [0.5, 0.6) is 0 Å². The zero-order valence-corrected chi connectivity index (χ0v) is 13.7. The number of hydrogen-bond donors (Lipinski definition) is 0. The van der Waals surface area contributed by atoms with Crippen molar-refractivity contribution in [2.45, 2.75) is 12.8 Å². The Kier molecular flexibility index (Phi) is 4.60. The second-order valence-electron chi connectivity index (χ2n) is 5.04. The van der Waals surface area contributed by atoms with Crippen molar-refractivity contribution in [3.63, 3.8) is 0 Å². The first-order chi connectivity index (χ1) is 10.3. The van der Waals surface area contributed by atoms with Crippen molar-refractivity contribution in [1.82, 2.24) is 9.97 Å². The van der Waals surface area contributed by atoms with Gasteiger partial charge in [-0.2, -0.15) is 0 Å². The number of pyridine rings is 2. The van der Waals surface area contributed by atoms with E-state index in [1.807, 2.05) is 36.9 Å². The van der Waals surface area contributed by atoms with Crippen LogP contribution in [-0.4, -0.2) is 9.97 Å². The monoisotopic (exact) mass is 386 g/mol. The summed E-state index contributed by atoms with van der Waals surface area (Å²) in [5, 5.41) is 0. The molecule has 3 heteroatoms. The van der Waals surface area contributed by atoms with E-state index in [1.165, 1.54) is 25.8 Å². The second kappa shape index (κ2) is 6.80. The maximum absolute atomic E-state index is 4.18. The SMILES string of the molecule is Ic1cc(Cc2cccnc2)cc(Cc2cccnc2)c1. The molecule has 0 saturated heterocycles. The summed E-state index contributed by atoms with van der Waals surface area (Å²) < 4.78 is 1.27. The molecule has 0 bridgehead atoms. The topological polar surface area (TPSA) is 25.8 Å². The lowest BCUT2D eigenvalue weighted by atomic mass is 10.0. The van der Waals surface area contributed by atoms with Gasteiger partial charge < -0.3 is 0 Å². The molecule has 0 saturated carbocycles. The fourth-order valence-electron chi connectivity index (χ4n) is 2.40. The van der Waals surface area contributed by atoms with Gasteiger partial charge in [-0.05, 0) is 82.0 Å². The number of nitrogens with zero attached hydrogens (tertiary/aromatic N) is 2. The van der Waals surface area contributed by atoms with Crippen LogP contribution in [0.15, 0.2) is 67.3 Å². The highest BCUT2D eigenvalue weighted by Gasteiger charge is 2.03. The lowest BCUT2D eigenvalue weighted by molar-refractivity contribution is 1.10. The summed E-state index contributed by atoms with van der Waals surface area (Å²) >= 11 is 2.39. The second-order valence-corrected chi connectivity index (χ2v) is 6.29. The van der Waals surface area contributed by atoms with Gasteiger partial charge in [-0.3, -0.25) is 9.97 Å². The molecule has 3 rings (SSSR count). The third kappa shape index (κ3) is 4.11. The highest BCUT2D eigenvalue weighted by molar-refractivity contribution is 14.1. The molecule has 2 aromatic heterocycles. The van der Waals surface area contributed by atoms with Gasteiger partial charge in [-0.15, -0.1) is 0 Å². The average Bonchev–Trinajstić information content (AvgIpc) is 2.48. The molecule has 0 atom stereocenters. The van der Waals surface area contributed by atoms with Gasteiger partial charge in [-0.1, -0.05) is 18.2 Å². The Hall–Kier alpha value is -1.75. The number of rotatable bonds is 4. The third-order valence-corrected chi connectivity index (χ3v) is 3.90. The zero-order valence-electron chi connectivity index (χ0n) is 11.5. The van der Waals surface area contributed by atoms with Crippen LogP contribution in [0, 0.1) is 3.57 Å². The minimum atomic E-state index is 0.921. The van der Waals surface area contributed by atoms with E-state index in [9.17, 15) is 0 Å². The molecule has 0 unspecified atom stereocenters. The number of aromatic nitrogens is 2. The van der Waals surface area contributed by atoms with Gasteiger partial charge in [0.25, 0.3) is 0 Å². The molecule has 2 nitrogen and oxygen atoms in total. The summed E-state index contributed by atoms with van der Waals surface area (Å²) in [6.07, 6.45) is 9.33. The Morgan fingerprint density at radius 2 is 1.24 bits per heavy atom. The van der Waals surface area contributed by atoms with Crippen LogP contribution >= 0.6 is 22.6 Å². The summed E-state index contributed by atoms with van der Waals surface area (Å²) in [6.45, 7) is 0. The minimum absolute atomic E-state index is 0.921. The van der Waals surface area contributed by atoms with Gasteiger partial charge >= 0.3 is 0 Å². The van der Waals surface area contributed by atoms with Crippen molar-refractivity contribution in [1.29, 1.82) is 0 Å². The smallest absolute Gasteiger partial charge is 0.0303 e. The molecular formula is C18H15IN2. The summed E-state index contributed by atoms with van der Waals surface area (Å²) in [5.74, 6) is 0. The van der Waals surface area contributed by atoms with Gasteiger partial charge in [0.1, 0.15) is 0 Å². The van der Waals surface area contributed by atoms with Crippen LogP contribution in [-0.2, 0) is 12.8 Å². The molecule has 0 N–H and O–H groups in total. The molecule has 0 fully saturated rings. The van der Waals surface area contributed by atoms with Crippen molar-refractivity contribution in [3.8, 4) is 0 Å². The fourth-order valence-corrected chi connectivity index (χ4v) is 3.20. The summed E-state index contributed by atoms with van der Waals surface area (Å²) in [6, 6.07) is 15.0. The van der Waals surface area contributed by atoms with Crippen molar-refractivity contribution in [2.24, 2.45) is 0 Å². The third-order valence-electron chi connectivity index (χ3n) is 3.28. The normalized spacial score (nSPS) is 10.5. The fraction of sp³-hybridized carbons (Fsp3) is 0.111. The molecule has 2 heterocycles. The maximum Gasteiger partial charge on any atom is 0.0303 e. The summed E-state index contributed by atoms with van der Waals surface area (Å²) in [5.41, 5.74) is 5.14. The first-order valence-electron chi connectivity index (χ1n) is 6.86. The number of benzene rings is 1. The lowest BCUT2D eigenvalue weighted by Gasteiger charge is -2.07. The summed E-state index contributed by atoms with van der Waals surface area (Å²) in [4.78, 5) is 8.37. The first-order valence-corrected chi connectivity index (χ1v) is 7.93. The van der Waals surface area contributed by atoms with E-state index in [2.05, 4.69) is 62.9 Å². The predicted octanol–water partition coefficient (Wildman–Crippen LogP) is 4.26. The molecule has 0 amide bonds. The Balaban J connectivity index is 1.83. The highest BCUT2D eigenvalue weighted by atomic mass is 127. The Morgan fingerprint density at radius 3 is 1.67 bits per heavy atom. The average molecular weight is 386 g/mol. The standard InChI is InChI=1S/C18H15IN2/c19-18-10-16(7-14-3-1-5-20-12-14)9-17(11-18)8-15-4-2-6-21-13-15/h1-6,9-13H,7-8H2. The van der Waals surface area contributed by atoms with Gasteiger partial charge in [0.15, 0.2) is 0 Å². The van der Waals surface area contributed by atoms with Gasteiger partial charge in [0, 0.05) is 28.4 Å². The van der Waals surface area contributed by atoms with Crippen molar-refractivity contribution in [3.05, 3.63) is 93.1 Å². The van der Waals surface area contributed by atoms with Crippen LogP contribution in [0.1, 0.15) is 22.3 Å². The van der Waals surface area contributed by atoms with E-state index in [4.69, 9.17) is 0 Å². The Labute approximate surface area is 138 Å². The van der Waals surface area contributed by atoms with Gasteiger partial charge in [-0.25, -0.2) is 0 Å². The zero-order chi connectivity index (χ0) is 14.5. The first kappa shape index (κ1) is 14.2. The molecule has 3 aromatic rings. The van der Waals surface area contributed by atoms with E-state index >= 15 is 0 Å². The van der Waals surface area contributed by atoms with E-state index in [-0.39, 0.29) is 0 Å². The largest absolute Gasteiger partial charge is 0.264 e. The van der Waals surface area contributed by atoms with E-state index in [1.54, 1.807) is 0 Å². The van der Waals surface area contributed by atoms with E-state index in [0.29, 0.717) is 0 Å². The molecule has 0 aliphatic carbocycles. The van der Waals surface area contributed by atoms with Crippen LogP contribution in [0.2, 0.25) is 0 Å². The van der Waals surface area contributed by atoms with Gasteiger partial charge in [0.05, 0.1) is 0 Å². The van der Waals surface area contributed by atoms with E-state index < -0.39 is 0 Å². The molecule has 0 spiro atoms. The summed E-state index contributed by atoms with van der Waals surface area (Å²) in [7, 11) is 0. The highest BCUT2D eigenvalue weighted by Crippen LogP contribution is 2.18. The Bertz CT molecular complexity index is 652. The Morgan fingerprint density at radius 1 is 0.714 bits per heavy atom. The molecule has 0 aliphatic heterocycles. The van der Waals surface area contributed by atoms with E-state index in [0.717, 1.165) is 12.8 Å².